The molecule has 0 amide bonds. The summed E-state index contributed by atoms with van der Waals surface area (Å²) in [4.78, 5) is 0. The van der Waals surface area contributed by atoms with Gasteiger partial charge in [0.15, 0.2) is 0 Å². The number of ether oxygens (including phenoxy) is 1. The summed E-state index contributed by atoms with van der Waals surface area (Å²) in [6, 6.07) is 17.8. The van der Waals surface area contributed by atoms with E-state index < -0.39 is 0 Å². The van der Waals surface area contributed by atoms with Gasteiger partial charge in [-0.3, -0.25) is 0 Å². The maximum absolute atomic E-state index is 5.86. The molecule has 0 fully saturated rings. The van der Waals surface area contributed by atoms with Gasteiger partial charge in [-0.1, -0.05) is 42.5 Å². The monoisotopic (exact) mass is 278 g/mol. The molecule has 5 nitrogen and oxygen atoms in total. The van der Waals surface area contributed by atoms with Crippen LogP contribution in [-0.4, -0.2) is 21.1 Å². The molecule has 104 valence electrons. The average molecular weight is 278 g/mol. The van der Waals surface area contributed by atoms with Crippen LogP contribution in [0.1, 0.15) is 11.1 Å². The van der Waals surface area contributed by atoms with E-state index in [1.807, 2.05) is 54.6 Å². The van der Waals surface area contributed by atoms with Crippen molar-refractivity contribution in [1.29, 1.82) is 0 Å². The number of hydrogen-bond donors (Lipinski definition) is 0. The quantitative estimate of drug-likeness (QED) is 0.674. The number of benzene rings is 2. The summed E-state index contributed by atoms with van der Waals surface area (Å²) >= 11 is 0. The summed E-state index contributed by atoms with van der Waals surface area (Å²) < 4.78 is 7.40. The first-order valence-corrected chi connectivity index (χ1v) is 6.56. The van der Waals surface area contributed by atoms with Gasteiger partial charge in [-0.05, 0) is 17.7 Å². The molecule has 0 aliphatic carbocycles. The van der Waals surface area contributed by atoms with Crippen molar-refractivity contribution >= 4 is 6.21 Å². The van der Waals surface area contributed by atoms with Gasteiger partial charge in [0.2, 0.25) is 0 Å². The number of nitrogens with zero attached hydrogens (tertiary/aromatic N) is 4. The SMILES string of the molecule is C(=N\n1cnnc1)/c1ccccc1OCc1ccccc1. The van der Waals surface area contributed by atoms with Crippen LogP contribution >= 0.6 is 0 Å². The van der Waals surface area contributed by atoms with Gasteiger partial charge >= 0.3 is 0 Å². The van der Waals surface area contributed by atoms with Crippen molar-refractivity contribution in [3.63, 3.8) is 0 Å². The van der Waals surface area contributed by atoms with Gasteiger partial charge in [0.25, 0.3) is 0 Å². The Balaban J connectivity index is 1.73. The van der Waals surface area contributed by atoms with Crippen LogP contribution in [0.15, 0.2) is 72.4 Å². The highest BCUT2D eigenvalue weighted by molar-refractivity contribution is 5.83. The molecule has 3 aromatic rings. The minimum absolute atomic E-state index is 0.526. The van der Waals surface area contributed by atoms with E-state index in [4.69, 9.17) is 4.74 Å². The summed E-state index contributed by atoms with van der Waals surface area (Å²) in [5.41, 5.74) is 2.03. The number of hydrogen-bond acceptors (Lipinski definition) is 4. The van der Waals surface area contributed by atoms with Gasteiger partial charge in [-0.25, -0.2) is 4.68 Å². The first kappa shape index (κ1) is 13.1. The summed E-state index contributed by atoms with van der Waals surface area (Å²) in [6.07, 6.45) is 4.79. The van der Waals surface area contributed by atoms with Crippen LogP contribution in [0.25, 0.3) is 0 Å². The first-order chi connectivity index (χ1) is 10.4. The number of rotatable bonds is 5. The van der Waals surface area contributed by atoms with Crippen LogP contribution in [0, 0.1) is 0 Å². The van der Waals surface area contributed by atoms with Crippen molar-refractivity contribution < 1.29 is 4.74 Å². The number of aromatic nitrogens is 3. The van der Waals surface area contributed by atoms with E-state index in [0.717, 1.165) is 16.9 Å². The van der Waals surface area contributed by atoms with E-state index in [9.17, 15) is 0 Å². The maximum atomic E-state index is 5.86. The van der Waals surface area contributed by atoms with Crippen LogP contribution in [0.2, 0.25) is 0 Å². The zero-order chi connectivity index (χ0) is 14.3. The van der Waals surface area contributed by atoms with E-state index in [1.54, 1.807) is 6.21 Å². The Bertz CT molecular complexity index is 708. The van der Waals surface area contributed by atoms with Gasteiger partial charge in [0, 0.05) is 5.56 Å². The van der Waals surface area contributed by atoms with Gasteiger partial charge in [-0.2, -0.15) is 5.10 Å². The van der Waals surface area contributed by atoms with Crippen molar-refractivity contribution in [3.8, 4) is 5.75 Å². The normalized spacial score (nSPS) is 10.9. The second kappa shape index (κ2) is 6.47. The fraction of sp³-hybridized carbons (Fsp3) is 0.0625. The highest BCUT2D eigenvalue weighted by atomic mass is 16.5. The molecule has 0 radical (unpaired) electrons. The first-order valence-electron chi connectivity index (χ1n) is 6.56. The Labute approximate surface area is 122 Å². The van der Waals surface area contributed by atoms with Crippen LogP contribution < -0.4 is 4.74 Å². The molecule has 0 atom stereocenters. The third-order valence-electron chi connectivity index (χ3n) is 2.89. The van der Waals surface area contributed by atoms with E-state index >= 15 is 0 Å². The predicted molar refractivity (Wildman–Crippen MR) is 80.2 cm³/mol. The molecule has 3 rings (SSSR count). The second-order valence-electron chi connectivity index (χ2n) is 4.40. The molecule has 1 aromatic heterocycles. The van der Waals surface area contributed by atoms with Gasteiger partial charge in [-0.15, -0.1) is 10.2 Å². The maximum Gasteiger partial charge on any atom is 0.141 e. The fourth-order valence-electron chi connectivity index (χ4n) is 1.84. The Kier molecular flexibility index (Phi) is 4.02. The van der Waals surface area contributed by atoms with Crippen LogP contribution in [0.5, 0.6) is 5.75 Å². The Morgan fingerprint density at radius 2 is 1.67 bits per heavy atom. The molecule has 2 aromatic carbocycles. The van der Waals surface area contributed by atoms with Crippen LogP contribution in [-0.2, 0) is 6.61 Å². The van der Waals surface area contributed by atoms with Crippen molar-refractivity contribution in [1.82, 2.24) is 14.9 Å². The van der Waals surface area contributed by atoms with E-state index in [1.165, 1.54) is 17.3 Å². The minimum atomic E-state index is 0.526. The molecular weight excluding hydrogens is 264 g/mol. The van der Waals surface area contributed by atoms with Gasteiger partial charge in [0.05, 0.1) is 6.21 Å². The molecule has 0 saturated carbocycles. The molecule has 0 saturated heterocycles. The highest BCUT2D eigenvalue weighted by Crippen LogP contribution is 2.17. The molecule has 0 N–H and O–H groups in total. The van der Waals surface area contributed by atoms with Gasteiger partial charge < -0.3 is 4.74 Å². The summed E-state index contributed by atoms with van der Waals surface area (Å²) in [5, 5.41) is 11.6. The highest BCUT2D eigenvalue weighted by Gasteiger charge is 2.01. The standard InChI is InChI=1S/C16H14N4O/c1-2-6-14(7-3-1)11-21-16-9-5-4-8-15(16)10-19-20-12-17-18-13-20/h1-10,12-13H,11H2/b19-10+. The fourth-order valence-corrected chi connectivity index (χ4v) is 1.84. The molecule has 0 aliphatic heterocycles. The van der Waals surface area contributed by atoms with Crippen molar-refractivity contribution in [2.24, 2.45) is 5.10 Å². The van der Waals surface area contributed by atoms with Gasteiger partial charge in [0.1, 0.15) is 25.0 Å². The lowest BCUT2D eigenvalue weighted by Crippen LogP contribution is -1.98. The molecule has 21 heavy (non-hydrogen) atoms. The minimum Gasteiger partial charge on any atom is -0.488 e. The smallest absolute Gasteiger partial charge is 0.141 e. The van der Waals surface area contributed by atoms with Crippen LogP contribution in [0.4, 0.5) is 0 Å². The lowest BCUT2D eigenvalue weighted by Gasteiger charge is -2.08. The molecule has 1 heterocycles. The molecular formula is C16H14N4O. The summed E-state index contributed by atoms with van der Waals surface area (Å²) in [5.74, 6) is 0.790. The molecule has 0 unspecified atom stereocenters. The molecule has 5 heteroatoms. The molecule has 0 aliphatic rings. The lowest BCUT2D eigenvalue weighted by atomic mass is 10.2. The zero-order valence-corrected chi connectivity index (χ0v) is 11.3. The summed E-state index contributed by atoms with van der Waals surface area (Å²) in [6.45, 7) is 0.526. The lowest BCUT2D eigenvalue weighted by molar-refractivity contribution is 0.306. The average Bonchev–Trinajstić information content (AvgIpc) is 3.06. The number of para-hydroxylation sites is 1. The van der Waals surface area contributed by atoms with E-state index in [-0.39, 0.29) is 0 Å². The summed E-state index contributed by atoms with van der Waals surface area (Å²) in [7, 11) is 0. The third kappa shape index (κ3) is 3.54. The van der Waals surface area contributed by atoms with Crippen molar-refractivity contribution in [2.45, 2.75) is 6.61 Å². The second-order valence-corrected chi connectivity index (χ2v) is 4.40. The predicted octanol–water partition coefficient (Wildman–Crippen LogP) is 2.74. The van der Waals surface area contributed by atoms with Crippen molar-refractivity contribution in [2.75, 3.05) is 0 Å². The van der Waals surface area contributed by atoms with E-state index in [0.29, 0.717) is 6.61 Å². The van der Waals surface area contributed by atoms with Crippen LogP contribution in [0.3, 0.4) is 0 Å². The third-order valence-corrected chi connectivity index (χ3v) is 2.89. The Morgan fingerprint density at radius 3 is 2.48 bits per heavy atom. The topological polar surface area (TPSA) is 52.3 Å². The zero-order valence-electron chi connectivity index (χ0n) is 11.3. The largest absolute Gasteiger partial charge is 0.488 e. The Morgan fingerprint density at radius 1 is 0.952 bits per heavy atom. The Hall–Kier alpha value is -2.95. The molecule has 0 bridgehead atoms. The molecule has 0 spiro atoms. The van der Waals surface area contributed by atoms with Crippen molar-refractivity contribution in [3.05, 3.63) is 78.4 Å². The van der Waals surface area contributed by atoms with E-state index in [2.05, 4.69) is 15.3 Å².